The first-order valence-electron chi connectivity index (χ1n) is 9.95. The van der Waals surface area contributed by atoms with Crippen molar-refractivity contribution < 1.29 is 9.53 Å². The summed E-state index contributed by atoms with van der Waals surface area (Å²) in [5.41, 5.74) is 1.46. The largest absolute Gasteiger partial charge is 0.383 e. The lowest BCUT2D eigenvalue weighted by molar-refractivity contribution is 0.0933. The number of anilines is 2. The molecule has 1 aromatic heterocycles. The zero-order chi connectivity index (χ0) is 20.9. The molecule has 0 radical (unpaired) electrons. The van der Waals surface area contributed by atoms with Gasteiger partial charge in [-0.2, -0.15) is 0 Å². The Hall–Kier alpha value is -2.90. The van der Waals surface area contributed by atoms with Gasteiger partial charge in [0.2, 0.25) is 0 Å². The predicted molar refractivity (Wildman–Crippen MR) is 120 cm³/mol. The molecule has 3 aromatic rings. The lowest BCUT2D eigenvalue weighted by Crippen LogP contribution is -2.47. The van der Waals surface area contributed by atoms with Crippen molar-refractivity contribution in [3.05, 3.63) is 59.2 Å². The van der Waals surface area contributed by atoms with E-state index in [9.17, 15) is 4.79 Å². The molecule has 1 fully saturated rings. The van der Waals surface area contributed by atoms with Gasteiger partial charge in [0.15, 0.2) is 11.5 Å². The molecule has 8 heteroatoms. The summed E-state index contributed by atoms with van der Waals surface area (Å²) < 4.78 is 4.99. The van der Waals surface area contributed by atoms with Crippen LogP contribution >= 0.6 is 11.6 Å². The maximum absolute atomic E-state index is 12.5. The Kier molecular flexibility index (Phi) is 6.30. The van der Waals surface area contributed by atoms with E-state index in [1.165, 1.54) is 0 Å². The van der Waals surface area contributed by atoms with Crippen LogP contribution in [0, 0.1) is 0 Å². The molecule has 2 aromatic carbocycles. The highest BCUT2D eigenvalue weighted by Gasteiger charge is 2.22. The van der Waals surface area contributed by atoms with Crippen LogP contribution in [0.3, 0.4) is 0 Å². The average molecular weight is 426 g/mol. The van der Waals surface area contributed by atoms with Gasteiger partial charge in [-0.05, 0) is 18.2 Å². The fraction of sp³-hybridized carbons (Fsp3) is 0.318. The second kappa shape index (κ2) is 9.28. The second-order valence-electron chi connectivity index (χ2n) is 7.12. The average Bonchev–Trinajstić information content (AvgIpc) is 2.78. The van der Waals surface area contributed by atoms with Crippen LogP contribution in [-0.2, 0) is 4.74 Å². The van der Waals surface area contributed by atoms with Crippen LogP contribution in [0.1, 0.15) is 10.5 Å². The van der Waals surface area contributed by atoms with Gasteiger partial charge in [0, 0.05) is 61.3 Å². The molecule has 1 amide bonds. The van der Waals surface area contributed by atoms with Crippen LogP contribution in [0.5, 0.6) is 0 Å². The fourth-order valence-electron chi connectivity index (χ4n) is 3.69. The summed E-state index contributed by atoms with van der Waals surface area (Å²) in [6.45, 7) is 4.21. The first-order valence-corrected chi connectivity index (χ1v) is 10.3. The summed E-state index contributed by atoms with van der Waals surface area (Å²) in [5, 5.41) is 14.0. The van der Waals surface area contributed by atoms with Crippen molar-refractivity contribution in [2.24, 2.45) is 0 Å². The number of hydrogen-bond acceptors (Lipinski definition) is 6. The summed E-state index contributed by atoms with van der Waals surface area (Å²) in [6.07, 6.45) is 0. The molecule has 0 saturated carbocycles. The highest BCUT2D eigenvalue weighted by Crippen LogP contribution is 2.28. The normalized spacial score (nSPS) is 14.2. The van der Waals surface area contributed by atoms with Crippen LogP contribution in [0.15, 0.2) is 48.5 Å². The number of halogens is 1. The summed E-state index contributed by atoms with van der Waals surface area (Å²) in [4.78, 5) is 17.1. The van der Waals surface area contributed by atoms with Gasteiger partial charge in [0.1, 0.15) is 0 Å². The zero-order valence-corrected chi connectivity index (χ0v) is 17.6. The number of rotatable bonds is 6. The van der Waals surface area contributed by atoms with E-state index in [1.807, 2.05) is 42.5 Å². The number of hydrogen-bond donors (Lipinski definition) is 1. The molecule has 0 bridgehead atoms. The Morgan fingerprint density at radius 3 is 2.50 bits per heavy atom. The number of nitrogens with one attached hydrogen (secondary N) is 1. The van der Waals surface area contributed by atoms with Crippen LogP contribution in [0.4, 0.5) is 11.5 Å². The molecule has 7 nitrogen and oxygen atoms in total. The molecule has 30 heavy (non-hydrogen) atoms. The van der Waals surface area contributed by atoms with Gasteiger partial charge >= 0.3 is 0 Å². The smallest absolute Gasteiger partial charge is 0.272 e. The SMILES string of the molecule is COCCNC(=O)c1nnc(N2CCN(c3cccc(Cl)c3)CC2)c2ccccc12. The number of ether oxygens (including phenoxy) is 1. The zero-order valence-electron chi connectivity index (χ0n) is 16.8. The van der Waals surface area contributed by atoms with Crippen molar-refractivity contribution in [1.29, 1.82) is 0 Å². The van der Waals surface area contributed by atoms with E-state index in [2.05, 4.69) is 31.4 Å². The van der Waals surface area contributed by atoms with E-state index in [1.54, 1.807) is 7.11 Å². The fourth-order valence-corrected chi connectivity index (χ4v) is 3.88. The number of aromatic nitrogens is 2. The van der Waals surface area contributed by atoms with Crippen LogP contribution in [0.25, 0.3) is 10.8 Å². The number of carbonyl (C=O) groups excluding carboxylic acids is 1. The van der Waals surface area contributed by atoms with Crippen LogP contribution < -0.4 is 15.1 Å². The number of piperazine rings is 1. The van der Waals surface area contributed by atoms with Crippen LogP contribution in [-0.4, -0.2) is 62.5 Å². The van der Waals surface area contributed by atoms with E-state index in [4.69, 9.17) is 16.3 Å². The minimum atomic E-state index is -0.243. The van der Waals surface area contributed by atoms with Crippen molar-refractivity contribution in [2.45, 2.75) is 0 Å². The number of fused-ring (bicyclic) bond motifs is 1. The number of methoxy groups -OCH3 is 1. The molecule has 0 unspecified atom stereocenters. The van der Waals surface area contributed by atoms with Crippen molar-refractivity contribution in [3.63, 3.8) is 0 Å². The maximum atomic E-state index is 12.5. The lowest BCUT2D eigenvalue weighted by Gasteiger charge is -2.37. The monoisotopic (exact) mass is 425 g/mol. The number of carbonyl (C=O) groups is 1. The van der Waals surface area contributed by atoms with Gasteiger partial charge in [-0.3, -0.25) is 4.79 Å². The Balaban J connectivity index is 1.54. The quantitative estimate of drug-likeness (QED) is 0.612. The van der Waals surface area contributed by atoms with E-state index in [0.717, 1.165) is 53.5 Å². The molecule has 0 spiro atoms. The number of nitrogens with zero attached hydrogens (tertiary/aromatic N) is 4. The maximum Gasteiger partial charge on any atom is 0.272 e. The molecular weight excluding hydrogens is 402 g/mol. The van der Waals surface area contributed by atoms with Gasteiger partial charge in [0.25, 0.3) is 5.91 Å². The minimum absolute atomic E-state index is 0.243. The molecule has 1 aliphatic heterocycles. The molecule has 1 N–H and O–H groups in total. The Bertz CT molecular complexity index is 1040. The van der Waals surface area contributed by atoms with E-state index in [0.29, 0.717) is 18.8 Å². The molecular formula is C22H24ClN5O2. The Morgan fingerprint density at radius 2 is 1.77 bits per heavy atom. The van der Waals surface area contributed by atoms with Crippen LogP contribution in [0.2, 0.25) is 5.02 Å². The standard InChI is InChI=1S/C22H24ClN5O2/c1-30-14-9-24-22(29)20-18-7-2-3-8-19(18)21(26-25-20)28-12-10-27(11-13-28)17-6-4-5-16(23)15-17/h2-8,15H,9-14H2,1H3,(H,24,29). The highest BCUT2D eigenvalue weighted by atomic mass is 35.5. The van der Waals surface area contributed by atoms with Crippen molar-refractivity contribution in [2.75, 3.05) is 56.2 Å². The summed E-state index contributed by atoms with van der Waals surface area (Å²) in [7, 11) is 1.60. The van der Waals surface area contributed by atoms with Gasteiger partial charge < -0.3 is 19.9 Å². The van der Waals surface area contributed by atoms with Gasteiger partial charge in [-0.25, -0.2) is 0 Å². The third kappa shape index (κ3) is 4.32. The Labute approximate surface area is 180 Å². The molecule has 156 valence electrons. The second-order valence-corrected chi connectivity index (χ2v) is 7.56. The predicted octanol–water partition coefficient (Wildman–Crippen LogP) is 2.99. The van der Waals surface area contributed by atoms with E-state index < -0.39 is 0 Å². The van der Waals surface area contributed by atoms with Gasteiger partial charge in [0.05, 0.1) is 6.61 Å². The van der Waals surface area contributed by atoms with E-state index in [-0.39, 0.29) is 5.91 Å². The third-order valence-electron chi connectivity index (χ3n) is 5.23. The van der Waals surface area contributed by atoms with Crippen molar-refractivity contribution in [1.82, 2.24) is 15.5 Å². The number of benzene rings is 2. The lowest BCUT2D eigenvalue weighted by atomic mass is 10.1. The minimum Gasteiger partial charge on any atom is -0.383 e. The van der Waals surface area contributed by atoms with Gasteiger partial charge in [-0.15, -0.1) is 10.2 Å². The molecule has 0 aliphatic carbocycles. The highest BCUT2D eigenvalue weighted by molar-refractivity contribution is 6.30. The van der Waals surface area contributed by atoms with Gasteiger partial charge in [-0.1, -0.05) is 41.9 Å². The first kappa shape index (κ1) is 20.4. The van der Waals surface area contributed by atoms with Crippen molar-refractivity contribution >= 4 is 39.8 Å². The molecule has 1 aliphatic rings. The molecule has 1 saturated heterocycles. The molecule has 4 rings (SSSR count). The molecule has 0 atom stereocenters. The summed E-state index contributed by atoms with van der Waals surface area (Å²) in [5.74, 6) is 0.567. The number of amides is 1. The summed E-state index contributed by atoms with van der Waals surface area (Å²) in [6, 6.07) is 15.7. The van der Waals surface area contributed by atoms with E-state index >= 15 is 0 Å². The third-order valence-corrected chi connectivity index (χ3v) is 5.46. The first-order chi connectivity index (χ1) is 14.7. The van der Waals surface area contributed by atoms with Crippen molar-refractivity contribution in [3.8, 4) is 0 Å². The Morgan fingerprint density at radius 1 is 1.03 bits per heavy atom. The summed E-state index contributed by atoms with van der Waals surface area (Å²) >= 11 is 6.14. The molecule has 2 heterocycles. The topological polar surface area (TPSA) is 70.6 Å².